The molecule has 0 aromatic heterocycles. The number of nitrogens with two attached hydrogens (primary N) is 1. The van der Waals surface area contributed by atoms with Crippen molar-refractivity contribution in [2.45, 2.75) is 37.0 Å². The number of rotatable bonds is 4. The topological polar surface area (TPSA) is 96.0 Å². The second-order valence-corrected chi connectivity index (χ2v) is 7.10. The largest absolute Gasteiger partial charge is 0.409 e. The molecule has 100 valence electrons. The van der Waals surface area contributed by atoms with Crippen LogP contribution in [0.25, 0.3) is 0 Å². The van der Waals surface area contributed by atoms with E-state index in [9.17, 15) is 8.42 Å². The third-order valence-corrected chi connectivity index (χ3v) is 5.01. The van der Waals surface area contributed by atoms with Gasteiger partial charge in [0, 0.05) is 12.3 Å². The van der Waals surface area contributed by atoms with Crippen LogP contribution in [0.2, 0.25) is 0 Å². The number of sulfone groups is 1. The average molecular weight is 263 g/mol. The van der Waals surface area contributed by atoms with E-state index in [0.29, 0.717) is 13.0 Å². The van der Waals surface area contributed by atoms with Crippen molar-refractivity contribution in [2.75, 3.05) is 19.8 Å². The number of hydrogen-bond donors (Lipinski definition) is 2. The van der Waals surface area contributed by atoms with Gasteiger partial charge in [0.1, 0.15) is 9.84 Å². The third-order valence-electron chi connectivity index (χ3n) is 3.37. The molecule has 1 rings (SSSR count). The fraction of sp³-hybridized carbons (Fsp3) is 0.900. The highest BCUT2D eigenvalue weighted by molar-refractivity contribution is 7.91. The molecule has 3 N–H and O–H groups in total. The molecule has 17 heavy (non-hydrogen) atoms. The summed E-state index contributed by atoms with van der Waals surface area (Å²) in [6.45, 7) is 0.359. The van der Waals surface area contributed by atoms with Crippen molar-refractivity contribution >= 4 is 15.7 Å². The minimum absolute atomic E-state index is 0.147. The van der Waals surface area contributed by atoms with E-state index >= 15 is 0 Å². The lowest BCUT2D eigenvalue weighted by Crippen LogP contribution is -2.43. The Kier molecular flexibility index (Phi) is 4.76. The lowest BCUT2D eigenvalue weighted by atomic mass is 9.94. The Morgan fingerprint density at radius 3 is 2.71 bits per heavy atom. The van der Waals surface area contributed by atoms with E-state index in [-0.39, 0.29) is 17.1 Å². The van der Waals surface area contributed by atoms with Crippen LogP contribution < -0.4 is 5.73 Å². The fourth-order valence-corrected chi connectivity index (χ4v) is 3.49. The number of hydrogen-bond acceptors (Lipinski definition) is 5. The van der Waals surface area contributed by atoms with Gasteiger partial charge < -0.3 is 10.9 Å². The normalized spacial score (nSPS) is 27.4. The first-order valence-corrected chi connectivity index (χ1v) is 7.65. The first-order chi connectivity index (χ1) is 7.84. The second kappa shape index (κ2) is 5.68. The van der Waals surface area contributed by atoms with E-state index in [2.05, 4.69) is 5.16 Å². The molecule has 7 heteroatoms. The van der Waals surface area contributed by atoms with Crippen LogP contribution in [0.4, 0.5) is 0 Å². The van der Waals surface area contributed by atoms with Crippen molar-refractivity contribution in [3.8, 4) is 0 Å². The van der Waals surface area contributed by atoms with Gasteiger partial charge in [0.05, 0.1) is 11.8 Å². The summed E-state index contributed by atoms with van der Waals surface area (Å²) < 4.78 is 23.1. The molecule has 1 aliphatic rings. The van der Waals surface area contributed by atoms with Crippen LogP contribution in [0.15, 0.2) is 5.16 Å². The third kappa shape index (κ3) is 4.16. The molecule has 2 atom stereocenters. The molecule has 0 spiro atoms. The quantitative estimate of drug-likeness (QED) is 0.323. The highest BCUT2D eigenvalue weighted by atomic mass is 32.2. The summed E-state index contributed by atoms with van der Waals surface area (Å²) in [4.78, 5) is 1.95. The Morgan fingerprint density at radius 1 is 1.53 bits per heavy atom. The maximum Gasteiger partial charge on any atom is 0.153 e. The summed E-state index contributed by atoms with van der Waals surface area (Å²) >= 11 is 0. The van der Waals surface area contributed by atoms with Crippen LogP contribution in [-0.4, -0.2) is 55.5 Å². The molecular formula is C10H21N3O3S. The molecule has 2 unspecified atom stereocenters. The van der Waals surface area contributed by atoms with Gasteiger partial charge in [-0.1, -0.05) is 11.6 Å². The molecule has 0 radical (unpaired) electrons. The van der Waals surface area contributed by atoms with Gasteiger partial charge in [-0.05, 0) is 26.3 Å². The van der Waals surface area contributed by atoms with Gasteiger partial charge in [-0.3, -0.25) is 4.90 Å². The fourth-order valence-electron chi connectivity index (χ4n) is 2.33. The first-order valence-electron chi connectivity index (χ1n) is 5.70. The van der Waals surface area contributed by atoms with Crippen molar-refractivity contribution < 1.29 is 13.6 Å². The monoisotopic (exact) mass is 263 g/mol. The molecule has 0 aromatic rings. The Balaban J connectivity index is 2.61. The molecular weight excluding hydrogens is 242 g/mol. The van der Waals surface area contributed by atoms with Crippen molar-refractivity contribution in [1.82, 2.24) is 4.90 Å². The summed E-state index contributed by atoms with van der Waals surface area (Å²) in [6.07, 6.45) is 4.54. The van der Waals surface area contributed by atoms with Gasteiger partial charge in [0.2, 0.25) is 0 Å². The zero-order valence-corrected chi connectivity index (χ0v) is 11.2. The van der Waals surface area contributed by atoms with Crippen molar-refractivity contribution in [1.29, 1.82) is 0 Å². The lowest BCUT2D eigenvalue weighted by molar-refractivity contribution is 0.212. The van der Waals surface area contributed by atoms with Gasteiger partial charge in [-0.15, -0.1) is 0 Å². The van der Waals surface area contributed by atoms with E-state index in [1.807, 2.05) is 11.9 Å². The second-order valence-electron chi connectivity index (χ2n) is 4.78. The molecule has 1 aliphatic carbocycles. The Bertz CT molecular complexity index is 380. The van der Waals surface area contributed by atoms with Crippen molar-refractivity contribution in [3.63, 3.8) is 0 Å². The Morgan fingerprint density at radius 2 is 2.18 bits per heavy atom. The number of likely N-dealkylation sites (N-methyl/N-ethyl adjacent to an activating group) is 1. The standard InChI is InChI=1S/C10H21N3O3S/c1-13(7-10(11)12-14)8-4-3-5-9(6-8)17(2,15)16/h8-9,14H,3-7H2,1-2H3,(H2,11,12). The lowest BCUT2D eigenvalue weighted by Gasteiger charge is -2.34. The molecule has 0 aliphatic heterocycles. The smallest absolute Gasteiger partial charge is 0.153 e. The molecule has 0 bridgehead atoms. The molecule has 0 saturated heterocycles. The van der Waals surface area contributed by atoms with Crippen molar-refractivity contribution in [3.05, 3.63) is 0 Å². The van der Waals surface area contributed by atoms with Crippen LogP contribution in [0.1, 0.15) is 25.7 Å². The number of amidine groups is 1. The molecule has 0 heterocycles. The molecule has 0 amide bonds. The van der Waals surface area contributed by atoms with Crippen LogP contribution in [0.3, 0.4) is 0 Å². The van der Waals surface area contributed by atoms with E-state index in [1.165, 1.54) is 6.26 Å². The molecule has 1 fully saturated rings. The Labute approximate surface area is 102 Å². The SMILES string of the molecule is CN(CC(N)=NO)C1CCCC(S(C)(=O)=O)C1. The van der Waals surface area contributed by atoms with E-state index < -0.39 is 9.84 Å². The molecule has 6 nitrogen and oxygen atoms in total. The predicted octanol–water partition coefficient (Wildman–Crippen LogP) is 0.0204. The van der Waals surface area contributed by atoms with Crippen molar-refractivity contribution in [2.24, 2.45) is 10.9 Å². The van der Waals surface area contributed by atoms with Gasteiger partial charge >= 0.3 is 0 Å². The molecule has 1 saturated carbocycles. The van der Waals surface area contributed by atoms with Crippen LogP contribution in [0.5, 0.6) is 0 Å². The minimum Gasteiger partial charge on any atom is -0.409 e. The summed E-state index contributed by atoms with van der Waals surface area (Å²) in [7, 11) is -1.10. The zero-order valence-electron chi connectivity index (χ0n) is 10.3. The van der Waals surface area contributed by atoms with E-state index in [0.717, 1.165) is 19.3 Å². The highest BCUT2D eigenvalue weighted by Crippen LogP contribution is 2.26. The zero-order chi connectivity index (χ0) is 13.1. The maximum atomic E-state index is 11.5. The van der Waals surface area contributed by atoms with Crippen LogP contribution in [-0.2, 0) is 9.84 Å². The first kappa shape index (κ1) is 14.2. The number of nitrogens with zero attached hydrogens (tertiary/aromatic N) is 2. The summed E-state index contributed by atoms with van der Waals surface area (Å²) in [6, 6.07) is 0.184. The average Bonchev–Trinajstić information content (AvgIpc) is 2.28. The maximum absolute atomic E-state index is 11.5. The van der Waals surface area contributed by atoms with Crippen LogP contribution >= 0.6 is 0 Å². The van der Waals surface area contributed by atoms with Crippen LogP contribution in [0, 0.1) is 0 Å². The Hall–Kier alpha value is -0.820. The van der Waals surface area contributed by atoms with Gasteiger partial charge in [0.15, 0.2) is 5.84 Å². The van der Waals surface area contributed by atoms with E-state index in [4.69, 9.17) is 10.9 Å². The summed E-state index contributed by atoms with van der Waals surface area (Å²) in [5.41, 5.74) is 5.44. The summed E-state index contributed by atoms with van der Waals surface area (Å²) in [5.74, 6) is 0.147. The minimum atomic E-state index is -2.96. The molecule has 0 aromatic carbocycles. The summed E-state index contributed by atoms with van der Waals surface area (Å²) in [5, 5.41) is 11.2. The highest BCUT2D eigenvalue weighted by Gasteiger charge is 2.30. The van der Waals surface area contributed by atoms with Gasteiger partial charge in [0.25, 0.3) is 0 Å². The van der Waals surface area contributed by atoms with E-state index in [1.54, 1.807) is 0 Å². The number of oxime groups is 1. The van der Waals surface area contributed by atoms with Gasteiger partial charge in [-0.2, -0.15) is 0 Å². The van der Waals surface area contributed by atoms with Gasteiger partial charge in [-0.25, -0.2) is 8.42 Å². The predicted molar refractivity (Wildman–Crippen MR) is 66.9 cm³/mol.